The minimum Gasteiger partial charge on any atom is -0.397 e. The second-order valence-electron chi connectivity index (χ2n) is 4.12. The maximum absolute atomic E-state index is 12.1. The minimum atomic E-state index is -0.185. The van der Waals surface area contributed by atoms with Crippen LogP contribution in [-0.4, -0.2) is 29.9 Å². The summed E-state index contributed by atoms with van der Waals surface area (Å²) in [4.78, 5) is 14.1. The van der Waals surface area contributed by atoms with E-state index in [4.69, 9.17) is 17.3 Å². The van der Waals surface area contributed by atoms with Crippen molar-refractivity contribution in [2.24, 2.45) is 0 Å². The van der Waals surface area contributed by atoms with Gasteiger partial charge in [0.15, 0.2) is 0 Å². The predicted octanol–water partition coefficient (Wildman–Crippen LogP) is 2.59. The zero-order valence-electron chi connectivity index (χ0n) is 11.0. The van der Waals surface area contributed by atoms with Crippen LogP contribution in [0.4, 0.5) is 11.4 Å². The first kappa shape index (κ1) is 14.8. The van der Waals surface area contributed by atoms with Crippen molar-refractivity contribution in [3.05, 3.63) is 23.2 Å². The number of nitrogens with two attached hydrogens (primary N) is 1. The van der Waals surface area contributed by atoms with Gasteiger partial charge in [-0.05, 0) is 38.2 Å². The Labute approximate surface area is 113 Å². The van der Waals surface area contributed by atoms with Crippen molar-refractivity contribution in [2.75, 3.05) is 24.1 Å². The Morgan fingerprint density at radius 1 is 1.44 bits per heavy atom. The Hall–Kier alpha value is -1.26. The van der Waals surface area contributed by atoms with E-state index in [1.54, 1.807) is 18.2 Å². The van der Waals surface area contributed by atoms with Gasteiger partial charge in [-0.1, -0.05) is 25.4 Å². The zero-order valence-corrected chi connectivity index (χ0v) is 11.8. The molecule has 100 valence electrons. The molecule has 1 atom stereocenters. The van der Waals surface area contributed by atoms with Crippen LogP contribution in [0.3, 0.4) is 0 Å². The van der Waals surface area contributed by atoms with E-state index in [2.05, 4.69) is 10.2 Å². The van der Waals surface area contributed by atoms with Crippen molar-refractivity contribution in [2.45, 2.75) is 26.8 Å². The number of likely N-dealkylation sites (N-methyl/N-ethyl adjacent to an activating group) is 1. The van der Waals surface area contributed by atoms with Crippen molar-refractivity contribution in [1.29, 1.82) is 0 Å². The molecule has 0 aliphatic rings. The molecule has 0 aromatic heterocycles. The van der Waals surface area contributed by atoms with E-state index < -0.39 is 0 Å². The Kier molecular flexibility index (Phi) is 5.44. The number of carbonyl (C=O) groups is 1. The van der Waals surface area contributed by atoms with Gasteiger partial charge in [0.1, 0.15) is 0 Å². The molecule has 1 amide bonds. The molecule has 18 heavy (non-hydrogen) atoms. The molecule has 0 heterocycles. The molecule has 0 saturated carbocycles. The highest BCUT2D eigenvalue weighted by atomic mass is 35.5. The number of nitrogen functional groups attached to an aromatic ring is 1. The summed E-state index contributed by atoms with van der Waals surface area (Å²) in [6, 6.07) is 4.86. The quantitative estimate of drug-likeness (QED) is 0.808. The minimum absolute atomic E-state index is 0.0623. The molecule has 3 N–H and O–H groups in total. The number of benzene rings is 1. The Balaban J connectivity index is 2.75. The number of hydrogen-bond acceptors (Lipinski definition) is 3. The number of halogens is 1. The summed E-state index contributed by atoms with van der Waals surface area (Å²) >= 11 is 5.81. The number of amides is 1. The van der Waals surface area contributed by atoms with E-state index in [1.807, 2.05) is 20.8 Å². The van der Waals surface area contributed by atoms with Crippen LogP contribution in [0.1, 0.15) is 20.8 Å². The van der Waals surface area contributed by atoms with Gasteiger partial charge in [-0.25, -0.2) is 0 Å². The van der Waals surface area contributed by atoms with Crippen LogP contribution in [0.5, 0.6) is 0 Å². The molecule has 0 radical (unpaired) electrons. The van der Waals surface area contributed by atoms with Crippen molar-refractivity contribution in [3.63, 3.8) is 0 Å². The van der Waals surface area contributed by atoms with Crippen molar-refractivity contribution in [3.8, 4) is 0 Å². The highest BCUT2D eigenvalue weighted by molar-refractivity contribution is 6.31. The highest BCUT2D eigenvalue weighted by Crippen LogP contribution is 2.22. The predicted molar refractivity (Wildman–Crippen MR) is 76.9 cm³/mol. The Morgan fingerprint density at radius 2 is 2.06 bits per heavy atom. The number of rotatable bonds is 5. The molecule has 4 nitrogen and oxygen atoms in total. The Morgan fingerprint density at radius 3 is 2.56 bits per heavy atom. The van der Waals surface area contributed by atoms with Crippen LogP contribution in [0.15, 0.2) is 18.2 Å². The summed E-state index contributed by atoms with van der Waals surface area (Å²) in [6.07, 6.45) is 0. The van der Waals surface area contributed by atoms with Crippen molar-refractivity contribution in [1.82, 2.24) is 4.90 Å². The maximum atomic E-state index is 12.1. The lowest BCUT2D eigenvalue weighted by molar-refractivity contribution is -0.120. The SMILES string of the molecule is CCN(CC)C(C)C(=O)Nc1ccc(Cl)cc1N. The summed E-state index contributed by atoms with van der Waals surface area (Å²) in [5, 5.41) is 3.38. The monoisotopic (exact) mass is 269 g/mol. The van der Waals surface area contributed by atoms with E-state index in [-0.39, 0.29) is 11.9 Å². The van der Waals surface area contributed by atoms with Gasteiger partial charge in [0.05, 0.1) is 17.4 Å². The normalized spacial score (nSPS) is 12.5. The molecule has 0 bridgehead atoms. The van der Waals surface area contributed by atoms with Crippen LogP contribution in [0.25, 0.3) is 0 Å². The summed E-state index contributed by atoms with van der Waals surface area (Å²) in [5.41, 5.74) is 6.87. The van der Waals surface area contributed by atoms with Gasteiger partial charge in [0.2, 0.25) is 5.91 Å². The van der Waals surface area contributed by atoms with Gasteiger partial charge in [-0.3, -0.25) is 9.69 Å². The molecule has 0 saturated heterocycles. The molecule has 0 spiro atoms. The van der Waals surface area contributed by atoms with Gasteiger partial charge in [-0.15, -0.1) is 0 Å². The molecule has 0 aliphatic carbocycles. The fourth-order valence-corrected chi connectivity index (χ4v) is 2.00. The van der Waals surface area contributed by atoms with E-state index >= 15 is 0 Å². The summed E-state index contributed by atoms with van der Waals surface area (Å²) < 4.78 is 0. The average Bonchev–Trinajstić information content (AvgIpc) is 2.34. The van der Waals surface area contributed by atoms with E-state index in [0.29, 0.717) is 16.4 Å². The lowest BCUT2D eigenvalue weighted by atomic mass is 10.2. The summed E-state index contributed by atoms with van der Waals surface area (Å²) in [6.45, 7) is 7.62. The van der Waals surface area contributed by atoms with Gasteiger partial charge in [-0.2, -0.15) is 0 Å². The molecule has 5 heteroatoms. The molecule has 1 unspecified atom stereocenters. The molecule has 1 aromatic carbocycles. The first-order valence-corrected chi connectivity index (χ1v) is 6.47. The topological polar surface area (TPSA) is 58.4 Å². The van der Waals surface area contributed by atoms with E-state index in [0.717, 1.165) is 13.1 Å². The molecule has 1 aromatic rings. The third kappa shape index (κ3) is 3.62. The average molecular weight is 270 g/mol. The second-order valence-corrected chi connectivity index (χ2v) is 4.55. The van der Waals surface area contributed by atoms with Crippen LogP contribution in [0, 0.1) is 0 Å². The number of carbonyl (C=O) groups excluding carboxylic acids is 1. The lowest BCUT2D eigenvalue weighted by Gasteiger charge is -2.25. The fourth-order valence-electron chi connectivity index (χ4n) is 1.82. The zero-order chi connectivity index (χ0) is 13.7. The highest BCUT2D eigenvalue weighted by Gasteiger charge is 2.19. The van der Waals surface area contributed by atoms with Crippen LogP contribution < -0.4 is 11.1 Å². The van der Waals surface area contributed by atoms with E-state index in [9.17, 15) is 4.79 Å². The first-order valence-electron chi connectivity index (χ1n) is 6.09. The smallest absolute Gasteiger partial charge is 0.241 e. The molecule has 0 fully saturated rings. The van der Waals surface area contributed by atoms with Crippen molar-refractivity contribution >= 4 is 28.9 Å². The summed E-state index contributed by atoms with van der Waals surface area (Å²) in [5.74, 6) is -0.0623. The number of nitrogens with zero attached hydrogens (tertiary/aromatic N) is 1. The van der Waals surface area contributed by atoms with Gasteiger partial charge >= 0.3 is 0 Å². The molecular weight excluding hydrogens is 250 g/mol. The lowest BCUT2D eigenvalue weighted by Crippen LogP contribution is -2.41. The number of anilines is 2. The molecule has 0 aliphatic heterocycles. The van der Waals surface area contributed by atoms with Crippen LogP contribution in [-0.2, 0) is 4.79 Å². The molecular formula is C13H20ClN3O. The third-order valence-corrected chi connectivity index (χ3v) is 3.25. The van der Waals surface area contributed by atoms with Gasteiger partial charge < -0.3 is 11.1 Å². The van der Waals surface area contributed by atoms with Crippen molar-refractivity contribution < 1.29 is 4.79 Å². The fraction of sp³-hybridized carbons (Fsp3) is 0.462. The third-order valence-electron chi connectivity index (χ3n) is 3.01. The maximum Gasteiger partial charge on any atom is 0.241 e. The van der Waals surface area contributed by atoms with Gasteiger partial charge in [0, 0.05) is 5.02 Å². The standard InChI is InChI=1S/C13H20ClN3O/c1-4-17(5-2)9(3)13(18)16-12-7-6-10(14)8-11(12)15/h6-9H,4-5,15H2,1-3H3,(H,16,18). The first-order chi connectivity index (χ1) is 8.49. The largest absolute Gasteiger partial charge is 0.397 e. The second kappa shape index (κ2) is 6.61. The van der Waals surface area contributed by atoms with Crippen LogP contribution >= 0.6 is 11.6 Å². The summed E-state index contributed by atoms with van der Waals surface area (Å²) in [7, 11) is 0. The van der Waals surface area contributed by atoms with Crippen LogP contribution in [0.2, 0.25) is 5.02 Å². The number of nitrogens with one attached hydrogen (secondary N) is 1. The number of hydrogen-bond donors (Lipinski definition) is 2. The molecule has 1 rings (SSSR count). The Bertz CT molecular complexity index is 419. The van der Waals surface area contributed by atoms with E-state index in [1.165, 1.54) is 0 Å². The van der Waals surface area contributed by atoms with Gasteiger partial charge in [0.25, 0.3) is 0 Å².